The van der Waals surface area contributed by atoms with Crippen molar-refractivity contribution in [2.24, 2.45) is 0 Å². The number of hydrogen-bond acceptors (Lipinski definition) is 5. The van der Waals surface area contributed by atoms with Crippen molar-refractivity contribution >= 4 is 52.2 Å². The zero-order chi connectivity index (χ0) is 20.4. The molecule has 1 aliphatic rings. The van der Waals surface area contributed by atoms with Gasteiger partial charge in [-0.15, -0.1) is 0 Å². The number of nitrogens with zero attached hydrogens (tertiary/aromatic N) is 1. The van der Waals surface area contributed by atoms with Gasteiger partial charge in [0.25, 0.3) is 11.1 Å². The minimum atomic E-state index is -0.547. The number of rotatable bonds is 4. The highest BCUT2D eigenvalue weighted by Crippen LogP contribution is 2.33. The molecule has 1 aliphatic heterocycles. The zero-order valence-electron chi connectivity index (χ0n) is 15.2. The summed E-state index contributed by atoms with van der Waals surface area (Å²) in [6.45, 7) is 3.46. The Balaban J connectivity index is 1.71. The standard InChI is InChI=1S/C20H17ClN2O4S/c1-11-5-12(2)7-14(6-11)22-18(25)10-23-19(26)17(28-20(23)27)9-13-3-4-16(24)15(21)8-13/h3-9,24H,10H2,1-2H3,(H,22,25)/b17-9+. The van der Waals surface area contributed by atoms with Gasteiger partial charge in [-0.1, -0.05) is 23.7 Å². The molecule has 0 bridgehead atoms. The van der Waals surface area contributed by atoms with Gasteiger partial charge in [0.1, 0.15) is 12.3 Å². The summed E-state index contributed by atoms with van der Waals surface area (Å²) >= 11 is 6.61. The molecule has 0 saturated carbocycles. The van der Waals surface area contributed by atoms with E-state index in [0.717, 1.165) is 27.8 Å². The van der Waals surface area contributed by atoms with Gasteiger partial charge in [-0.2, -0.15) is 0 Å². The second-order valence-electron chi connectivity index (χ2n) is 6.40. The third kappa shape index (κ3) is 4.55. The number of aryl methyl sites for hydroxylation is 2. The van der Waals surface area contributed by atoms with E-state index in [9.17, 15) is 19.5 Å². The van der Waals surface area contributed by atoms with Crippen molar-refractivity contribution in [3.05, 3.63) is 63.0 Å². The summed E-state index contributed by atoms with van der Waals surface area (Å²) in [4.78, 5) is 38.1. The summed E-state index contributed by atoms with van der Waals surface area (Å²) in [5, 5.41) is 11.8. The van der Waals surface area contributed by atoms with Gasteiger partial charge in [-0.25, -0.2) is 0 Å². The lowest BCUT2D eigenvalue weighted by atomic mass is 10.1. The lowest BCUT2D eigenvalue weighted by Gasteiger charge is -2.13. The number of hydrogen-bond donors (Lipinski definition) is 2. The molecule has 6 nitrogen and oxygen atoms in total. The van der Waals surface area contributed by atoms with E-state index in [1.54, 1.807) is 6.07 Å². The van der Waals surface area contributed by atoms with Crippen molar-refractivity contribution in [3.8, 4) is 5.75 Å². The highest BCUT2D eigenvalue weighted by atomic mass is 35.5. The van der Waals surface area contributed by atoms with E-state index in [-0.39, 0.29) is 22.2 Å². The average molecular weight is 417 g/mol. The maximum Gasteiger partial charge on any atom is 0.294 e. The first-order valence-corrected chi connectivity index (χ1v) is 9.54. The second-order valence-corrected chi connectivity index (χ2v) is 7.80. The van der Waals surface area contributed by atoms with Gasteiger partial charge in [0.15, 0.2) is 0 Å². The smallest absolute Gasteiger partial charge is 0.294 e. The van der Waals surface area contributed by atoms with E-state index >= 15 is 0 Å². The summed E-state index contributed by atoms with van der Waals surface area (Å²) in [6.07, 6.45) is 1.50. The van der Waals surface area contributed by atoms with Gasteiger partial charge in [0.05, 0.1) is 9.93 Å². The van der Waals surface area contributed by atoms with Crippen molar-refractivity contribution in [2.45, 2.75) is 13.8 Å². The van der Waals surface area contributed by atoms with Gasteiger partial charge >= 0.3 is 0 Å². The monoisotopic (exact) mass is 416 g/mol. The van der Waals surface area contributed by atoms with Crippen LogP contribution in [0.5, 0.6) is 5.75 Å². The van der Waals surface area contributed by atoms with Gasteiger partial charge in [-0.05, 0) is 72.6 Å². The largest absolute Gasteiger partial charge is 0.506 e. The molecule has 3 amide bonds. The third-order valence-corrected chi connectivity index (χ3v) is 5.16. The van der Waals surface area contributed by atoms with Crippen LogP contribution >= 0.6 is 23.4 Å². The molecule has 1 saturated heterocycles. The SMILES string of the molecule is Cc1cc(C)cc(NC(=O)CN2C(=O)S/C(=C/c3ccc(O)c(Cl)c3)C2=O)c1. The van der Waals surface area contributed by atoms with E-state index in [0.29, 0.717) is 11.3 Å². The number of aromatic hydroxyl groups is 1. The van der Waals surface area contributed by atoms with Crippen LogP contribution in [0.2, 0.25) is 5.02 Å². The number of phenols is 1. The summed E-state index contributed by atoms with van der Waals surface area (Å²) < 4.78 is 0. The van der Waals surface area contributed by atoms with Crippen LogP contribution < -0.4 is 5.32 Å². The molecular weight excluding hydrogens is 400 g/mol. The molecule has 2 N–H and O–H groups in total. The molecule has 28 heavy (non-hydrogen) atoms. The van der Waals surface area contributed by atoms with Crippen LogP contribution in [0.4, 0.5) is 10.5 Å². The van der Waals surface area contributed by atoms with Crippen molar-refractivity contribution in [1.29, 1.82) is 0 Å². The van der Waals surface area contributed by atoms with E-state index < -0.39 is 17.1 Å². The van der Waals surface area contributed by atoms with Crippen molar-refractivity contribution in [1.82, 2.24) is 4.90 Å². The molecule has 1 fully saturated rings. The number of carbonyl (C=O) groups is 3. The van der Waals surface area contributed by atoms with E-state index in [4.69, 9.17) is 11.6 Å². The first-order valence-electron chi connectivity index (χ1n) is 8.35. The highest BCUT2D eigenvalue weighted by Gasteiger charge is 2.36. The molecule has 0 radical (unpaired) electrons. The van der Waals surface area contributed by atoms with E-state index in [1.165, 1.54) is 18.2 Å². The van der Waals surface area contributed by atoms with Crippen LogP contribution in [0.3, 0.4) is 0 Å². The summed E-state index contributed by atoms with van der Waals surface area (Å²) in [5.41, 5.74) is 3.17. The minimum absolute atomic E-state index is 0.0741. The fourth-order valence-electron chi connectivity index (χ4n) is 2.79. The summed E-state index contributed by atoms with van der Waals surface area (Å²) in [5.74, 6) is -1.08. The number of amides is 3. The molecule has 3 rings (SSSR count). The average Bonchev–Trinajstić information content (AvgIpc) is 2.84. The first kappa shape index (κ1) is 20.0. The van der Waals surface area contributed by atoms with Gasteiger partial charge in [-0.3, -0.25) is 19.3 Å². The Hall–Kier alpha value is -2.77. The number of phenolic OH excluding ortho intramolecular Hbond substituents is 1. The van der Waals surface area contributed by atoms with Crippen LogP contribution in [0.15, 0.2) is 41.3 Å². The number of halogens is 1. The van der Waals surface area contributed by atoms with Gasteiger partial charge in [0, 0.05) is 5.69 Å². The Bertz CT molecular complexity index is 999. The number of thioether (sulfide) groups is 1. The Morgan fingerprint density at radius 2 is 1.86 bits per heavy atom. The number of carbonyl (C=O) groups excluding carboxylic acids is 3. The molecule has 2 aromatic carbocycles. The Morgan fingerprint density at radius 3 is 2.50 bits per heavy atom. The molecule has 0 unspecified atom stereocenters. The Morgan fingerprint density at radius 1 is 1.18 bits per heavy atom. The normalized spacial score (nSPS) is 15.4. The van der Waals surface area contributed by atoms with Crippen molar-refractivity contribution in [2.75, 3.05) is 11.9 Å². The number of imide groups is 1. The number of nitrogens with one attached hydrogen (secondary N) is 1. The molecule has 1 heterocycles. The summed E-state index contributed by atoms with van der Waals surface area (Å²) in [7, 11) is 0. The quantitative estimate of drug-likeness (QED) is 0.724. The van der Waals surface area contributed by atoms with Crippen molar-refractivity contribution in [3.63, 3.8) is 0 Å². The van der Waals surface area contributed by atoms with Crippen LogP contribution in [-0.4, -0.2) is 33.6 Å². The van der Waals surface area contributed by atoms with Crippen molar-refractivity contribution < 1.29 is 19.5 Å². The molecule has 0 aromatic heterocycles. The Kier molecular flexibility index (Phi) is 5.76. The second kappa shape index (κ2) is 8.08. The minimum Gasteiger partial charge on any atom is -0.506 e. The molecule has 2 aromatic rings. The van der Waals surface area contributed by atoms with E-state index in [1.807, 2.05) is 32.0 Å². The molecular formula is C20H17ClN2O4S. The van der Waals surface area contributed by atoms with E-state index in [2.05, 4.69) is 5.32 Å². The molecule has 8 heteroatoms. The Labute approximate surface area is 171 Å². The molecule has 0 atom stereocenters. The molecule has 144 valence electrons. The highest BCUT2D eigenvalue weighted by molar-refractivity contribution is 8.18. The maximum atomic E-state index is 12.5. The fourth-order valence-corrected chi connectivity index (χ4v) is 3.82. The van der Waals surface area contributed by atoms with Crippen LogP contribution in [0.1, 0.15) is 16.7 Å². The van der Waals surface area contributed by atoms with Gasteiger partial charge in [0.2, 0.25) is 5.91 Å². The number of anilines is 1. The maximum absolute atomic E-state index is 12.5. The van der Waals surface area contributed by atoms with Gasteiger partial charge < -0.3 is 10.4 Å². The van der Waals surface area contributed by atoms with Crippen LogP contribution in [0, 0.1) is 13.8 Å². The topological polar surface area (TPSA) is 86.7 Å². The zero-order valence-corrected chi connectivity index (χ0v) is 16.7. The molecule has 0 spiro atoms. The predicted molar refractivity (Wildman–Crippen MR) is 110 cm³/mol. The van der Waals surface area contributed by atoms with Crippen LogP contribution in [-0.2, 0) is 9.59 Å². The lowest BCUT2D eigenvalue weighted by Crippen LogP contribution is -2.36. The summed E-state index contributed by atoms with van der Waals surface area (Å²) in [6, 6.07) is 10.1. The third-order valence-electron chi connectivity index (χ3n) is 3.95. The lowest BCUT2D eigenvalue weighted by molar-refractivity contribution is -0.127. The number of benzene rings is 2. The molecule has 0 aliphatic carbocycles. The van der Waals surface area contributed by atoms with Crippen LogP contribution in [0.25, 0.3) is 6.08 Å². The predicted octanol–water partition coefficient (Wildman–Crippen LogP) is 4.34. The first-order chi connectivity index (χ1) is 13.2. The fraction of sp³-hybridized carbons (Fsp3) is 0.150.